The Morgan fingerprint density at radius 3 is 0.747 bits per heavy atom. The molecule has 0 aliphatic heterocycles. The predicted molar refractivity (Wildman–Crippen MR) is 386 cm³/mol. The second-order valence-corrected chi connectivity index (χ2v) is 30.5. The number of aliphatic hydroxyl groups is 1. The molecule has 0 aromatic heterocycles. The smallest absolute Gasteiger partial charge is 0.462 e. The van der Waals surface area contributed by atoms with E-state index in [9.17, 15) is 43.2 Å². The molecule has 0 bridgehead atoms. The summed E-state index contributed by atoms with van der Waals surface area (Å²) in [5.74, 6) is -1.26. The highest BCUT2D eigenvalue weighted by Crippen LogP contribution is 2.45. The van der Waals surface area contributed by atoms with Gasteiger partial charge in [-0.2, -0.15) is 0 Å². The fourth-order valence-corrected chi connectivity index (χ4v) is 13.3. The molecule has 3 N–H and O–H groups in total. The number of phosphoric acid groups is 2. The van der Waals surface area contributed by atoms with E-state index in [1.165, 1.54) is 218 Å². The van der Waals surface area contributed by atoms with Gasteiger partial charge in [0, 0.05) is 25.7 Å². The average molecular weight is 1400 g/mol. The molecule has 0 amide bonds. The van der Waals surface area contributed by atoms with Gasteiger partial charge >= 0.3 is 39.5 Å². The fourth-order valence-electron chi connectivity index (χ4n) is 11.7. The van der Waals surface area contributed by atoms with Gasteiger partial charge in [0.05, 0.1) is 26.4 Å². The molecule has 17 nitrogen and oxygen atoms in total. The first-order valence-electron chi connectivity index (χ1n) is 39.7. The molecule has 0 aliphatic carbocycles. The first-order valence-corrected chi connectivity index (χ1v) is 42.7. The summed E-state index contributed by atoms with van der Waals surface area (Å²) in [6, 6.07) is 0. The third kappa shape index (κ3) is 69.0. The van der Waals surface area contributed by atoms with Crippen LogP contribution in [0.1, 0.15) is 401 Å². The number of phosphoric ester groups is 2. The van der Waals surface area contributed by atoms with Crippen molar-refractivity contribution in [3.05, 3.63) is 0 Å². The lowest BCUT2D eigenvalue weighted by Gasteiger charge is -2.21. The molecule has 0 fully saturated rings. The van der Waals surface area contributed by atoms with Crippen molar-refractivity contribution < 1.29 is 80.2 Å². The molecule has 0 heterocycles. The van der Waals surface area contributed by atoms with E-state index < -0.39 is 97.5 Å². The largest absolute Gasteiger partial charge is 0.472 e. The molecular formula is C76H148O17P2. The van der Waals surface area contributed by atoms with Crippen LogP contribution in [0.2, 0.25) is 0 Å². The van der Waals surface area contributed by atoms with Gasteiger partial charge in [-0.1, -0.05) is 349 Å². The number of ether oxygens (including phenoxy) is 4. The highest BCUT2D eigenvalue weighted by molar-refractivity contribution is 7.47. The van der Waals surface area contributed by atoms with E-state index in [-0.39, 0.29) is 25.7 Å². The molecule has 0 aromatic rings. The standard InChI is InChI=1S/C76H148O17P2/c1-6-10-13-16-18-20-21-22-23-24-25-29-32-35-38-42-45-50-55-60-74(79)87-66-72(93-76(81)62-57-52-47-43-39-36-33-30-27-26-28-31-34-37-41-44-49-53-58-69(5)9-4)68-91-95(84,85)89-64-70(77)63-88-94(82,83)90-67-71(65-86-73(78)59-54-48-15-12-8-3)92-75(80)61-56-51-46-40-19-17-14-11-7-2/h69-72,77H,6-68H2,1-5H3,(H,82,83)(H,84,85)/t69?,70-,71+,72+/m0/s1. The lowest BCUT2D eigenvalue weighted by Crippen LogP contribution is -2.30. The van der Waals surface area contributed by atoms with Crippen LogP contribution in [0.15, 0.2) is 0 Å². The van der Waals surface area contributed by atoms with Crippen LogP contribution in [0.3, 0.4) is 0 Å². The van der Waals surface area contributed by atoms with Crippen molar-refractivity contribution in [1.29, 1.82) is 0 Å². The Kier molecular flexibility index (Phi) is 67.7. The minimum absolute atomic E-state index is 0.105. The molecule has 0 saturated heterocycles. The SMILES string of the molecule is CCCCCCCCCCCCCCCCCCCCCC(=O)OC[C@H](COP(=O)(O)OC[C@@H](O)COP(=O)(O)OC[C@@H](COC(=O)CCCCCCC)OC(=O)CCCCCCCCCCC)OC(=O)CCCCCCCCCCCCCCCCCCCCC(C)CC. The number of unbranched alkanes of at least 4 members (excludes halogenated alkanes) is 47. The second-order valence-electron chi connectivity index (χ2n) is 27.6. The Morgan fingerprint density at radius 2 is 0.505 bits per heavy atom. The number of rotatable bonds is 76. The molecule has 0 spiro atoms. The monoisotopic (exact) mass is 1400 g/mol. The zero-order valence-electron chi connectivity index (χ0n) is 61.8. The van der Waals surface area contributed by atoms with Crippen molar-refractivity contribution in [1.82, 2.24) is 0 Å². The topological polar surface area (TPSA) is 237 Å². The molecule has 0 aliphatic rings. The van der Waals surface area contributed by atoms with Crippen molar-refractivity contribution in [2.45, 2.75) is 419 Å². The third-order valence-electron chi connectivity index (χ3n) is 18.1. The Balaban J connectivity index is 5.08. The molecule has 0 aromatic carbocycles. The molecule has 0 rings (SSSR count). The number of esters is 4. The van der Waals surface area contributed by atoms with Gasteiger partial charge in [0.2, 0.25) is 0 Å². The van der Waals surface area contributed by atoms with Crippen molar-refractivity contribution in [3.63, 3.8) is 0 Å². The summed E-state index contributed by atoms with van der Waals surface area (Å²) >= 11 is 0. The molecule has 6 atom stereocenters. The van der Waals surface area contributed by atoms with Crippen LogP contribution in [0.5, 0.6) is 0 Å². The molecule has 3 unspecified atom stereocenters. The van der Waals surface area contributed by atoms with Crippen LogP contribution < -0.4 is 0 Å². The first kappa shape index (κ1) is 93.1. The van der Waals surface area contributed by atoms with E-state index in [1.54, 1.807) is 0 Å². The second kappa shape index (κ2) is 69.2. The van der Waals surface area contributed by atoms with Crippen molar-refractivity contribution in [2.24, 2.45) is 5.92 Å². The van der Waals surface area contributed by atoms with E-state index in [0.717, 1.165) is 102 Å². The maximum Gasteiger partial charge on any atom is 0.472 e. The van der Waals surface area contributed by atoms with Gasteiger partial charge in [0.1, 0.15) is 19.3 Å². The van der Waals surface area contributed by atoms with Gasteiger partial charge in [-0.05, 0) is 31.6 Å². The highest BCUT2D eigenvalue weighted by Gasteiger charge is 2.30. The summed E-state index contributed by atoms with van der Waals surface area (Å²) in [7, 11) is -9.89. The average Bonchev–Trinajstić information content (AvgIpc) is 2.93. The summed E-state index contributed by atoms with van der Waals surface area (Å²) in [6.07, 6.45) is 58.9. The van der Waals surface area contributed by atoms with Crippen LogP contribution >= 0.6 is 15.6 Å². The zero-order chi connectivity index (χ0) is 69.8. The Morgan fingerprint density at radius 1 is 0.295 bits per heavy atom. The summed E-state index contributed by atoms with van der Waals surface area (Å²) < 4.78 is 68.2. The van der Waals surface area contributed by atoms with Crippen molar-refractivity contribution in [3.8, 4) is 0 Å². The summed E-state index contributed by atoms with van der Waals surface area (Å²) in [4.78, 5) is 72.4. The van der Waals surface area contributed by atoms with Gasteiger partial charge in [0.15, 0.2) is 12.2 Å². The van der Waals surface area contributed by atoms with E-state index in [2.05, 4.69) is 34.6 Å². The maximum atomic E-state index is 13.1. The number of hydrogen-bond donors (Lipinski definition) is 3. The third-order valence-corrected chi connectivity index (χ3v) is 20.0. The van der Waals surface area contributed by atoms with Crippen LogP contribution in [0, 0.1) is 5.92 Å². The fraction of sp³-hybridized carbons (Fsp3) is 0.947. The molecule has 19 heteroatoms. The van der Waals surface area contributed by atoms with E-state index in [1.807, 2.05) is 0 Å². The molecular weight excluding hydrogens is 1250 g/mol. The number of carbonyl (C=O) groups excluding carboxylic acids is 4. The molecule has 0 radical (unpaired) electrons. The summed E-state index contributed by atoms with van der Waals surface area (Å²) in [5, 5.41) is 10.6. The number of carbonyl (C=O) groups is 4. The predicted octanol–water partition coefficient (Wildman–Crippen LogP) is 22.5. The maximum absolute atomic E-state index is 13.1. The van der Waals surface area contributed by atoms with Crippen LogP contribution in [-0.4, -0.2) is 96.7 Å². The molecule has 95 heavy (non-hydrogen) atoms. The van der Waals surface area contributed by atoms with Gasteiger partial charge in [-0.25, -0.2) is 9.13 Å². The van der Waals surface area contributed by atoms with E-state index in [4.69, 9.17) is 37.0 Å². The highest BCUT2D eigenvalue weighted by atomic mass is 31.2. The van der Waals surface area contributed by atoms with Crippen molar-refractivity contribution in [2.75, 3.05) is 39.6 Å². The summed E-state index contributed by atoms with van der Waals surface area (Å²) in [5.41, 5.74) is 0. The lowest BCUT2D eigenvalue weighted by atomic mass is 9.99. The van der Waals surface area contributed by atoms with E-state index >= 15 is 0 Å². The van der Waals surface area contributed by atoms with Gasteiger partial charge in [-0.3, -0.25) is 37.3 Å². The minimum atomic E-state index is -4.95. The Labute approximate surface area is 581 Å². The Bertz CT molecular complexity index is 1820. The van der Waals surface area contributed by atoms with Gasteiger partial charge in [-0.15, -0.1) is 0 Å². The van der Waals surface area contributed by atoms with Crippen molar-refractivity contribution >= 4 is 39.5 Å². The van der Waals surface area contributed by atoms with Crippen LogP contribution in [-0.2, 0) is 65.4 Å². The lowest BCUT2D eigenvalue weighted by molar-refractivity contribution is -0.161. The number of hydrogen-bond acceptors (Lipinski definition) is 15. The quantitative estimate of drug-likeness (QED) is 0.0222. The molecule has 0 saturated carbocycles. The van der Waals surface area contributed by atoms with Crippen LogP contribution in [0.4, 0.5) is 0 Å². The van der Waals surface area contributed by atoms with Gasteiger partial charge in [0.25, 0.3) is 0 Å². The first-order chi connectivity index (χ1) is 46.1. The molecule has 564 valence electrons. The summed E-state index contributed by atoms with van der Waals surface area (Å²) in [6.45, 7) is 7.24. The number of aliphatic hydroxyl groups excluding tert-OH is 1. The van der Waals surface area contributed by atoms with Crippen LogP contribution in [0.25, 0.3) is 0 Å². The van der Waals surface area contributed by atoms with E-state index in [0.29, 0.717) is 25.7 Å². The Hall–Kier alpha value is -1.94. The normalized spacial score (nSPS) is 14.2. The zero-order valence-corrected chi connectivity index (χ0v) is 63.6. The minimum Gasteiger partial charge on any atom is -0.462 e. The van der Waals surface area contributed by atoms with Gasteiger partial charge < -0.3 is 33.8 Å².